The molecular formula is C19H22ClN7O2. The molecule has 0 unspecified atom stereocenters. The van der Waals surface area contributed by atoms with Crippen LogP contribution < -0.4 is 21.3 Å². The fraction of sp³-hybridized carbons (Fsp3) is 0.263. The van der Waals surface area contributed by atoms with Gasteiger partial charge in [-0.3, -0.25) is 10.1 Å². The van der Waals surface area contributed by atoms with Crippen molar-refractivity contribution < 1.29 is 9.90 Å². The predicted octanol–water partition coefficient (Wildman–Crippen LogP) is 2.18. The largest absolute Gasteiger partial charge is 0.479 e. The second-order valence-corrected chi connectivity index (χ2v) is 6.86. The molecule has 10 heteroatoms. The van der Waals surface area contributed by atoms with Gasteiger partial charge >= 0.3 is 6.01 Å². The van der Waals surface area contributed by atoms with Crippen LogP contribution in [0.4, 0.5) is 11.9 Å². The highest BCUT2D eigenvalue weighted by Crippen LogP contribution is 2.48. The first-order valence-corrected chi connectivity index (χ1v) is 9.37. The van der Waals surface area contributed by atoms with Crippen LogP contribution in [-0.4, -0.2) is 39.6 Å². The van der Waals surface area contributed by atoms with E-state index in [-0.39, 0.29) is 29.6 Å². The Balaban J connectivity index is 1.61. The van der Waals surface area contributed by atoms with Gasteiger partial charge in [-0.25, -0.2) is 0 Å². The van der Waals surface area contributed by atoms with Crippen molar-refractivity contribution >= 4 is 29.4 Å². The molecule has 5 N–H and O–H groups in total. The molecule has 1 fully saturated rings. The average molecular weight is 416 g/mol. The van der Waals surface area contributed by atoms with E-state index >= 15 is 0 Å². The molecule has 2 aromatic rings. The SMILES string of the molecule is C=CN/C=C(/CNc1nc(O)nc(NC(=O)[C@H]2C[C@@H]2c2cccc(Cl)c2)n1)NC. The number of aromatic nitrogens is 3. The quantitative estimate of drug-likeness (QED) is 0.422. The van der Waals surface area contributed by atoms with Gasteiger partial charge in [0.1, 0.15) is 0 Å². The number of aromatic hydroxyl groups is 1. The first-order valence-electron chi connectivity index (χ1n) is 8.99. The number of rotatable bonds is 9. The molecule has 0 saturated heterocycles. The monoisotopic (exact) mass is 415 g/mol. The lowest BCUT2D eigenvalue weighted by Gasteiger charge is -2.10. The minimum atomic E-state index is -0.487. The number of carbonyl (C=O) groups is 1. The van der Waals surface area contributed by atoms with Crippen LogP contribution in [0.3, 0.4) is 0 Å². The van der Waals surface area contributed by atoms with Gasteiger partial charge in [0, 0.05) is 29.9 Å². The summed E-state index contributed by atoms with van der Waals surface area (Å²) in [5, 5.41) is 21.8. The Morgan fingerprint density at radius 1 is 1.34 bits per heavy atom. The minimum absolute atomic E-state index is 0.0130. The number of carbonyl (C=O) groups excluding carboxylic acids is 1. The number of anilines is 2. The maximum atomic E-state index is 12.5. The van der Waals surface area contributed by atoms with Crippen molar-refractivity contribution in [3.05, 3.63) is 59.5 Å². The van der Waals surface area contributed by atoms with Crippen molar-refractivity contribution in [3.63, 3.8) is 0 Å². The fourth-order valence-electron chi connectivity index (χ4n) is 2.84. The molecule has 0 bridgehead atoms. The Hall–Kier alpha value is -3.33. The van der Waals surface area contributed by atoms with E-state index in [1.807, 2.05) is 18.2 Å². The molecule has 152 valence electrons. The van der Waals surface area contributed by atoms with Crippen LogP contribution in [0, 0.1) is 5.92 Å². The Morgan fingerprint density at radius 3 is 2.86 bits per heavy atom. The van der Waals surface area contributed by atoms with Gasteiger partial charge in [0.2, 0.25) is 17.8 Å². The fourth-order valence-corrected chi connectivity index (χ4v) is 3.04. The van der Waals surface area contributed by atoms with E-state index in [1.165, 1.54) is 6.20 Å². The van der Waals surface area contributed by atoms with Gasteiger partial charge in [-0.15, -0.1) is 0 Å². The van der Waals surface area contributed by atoms with Crippen LogP contribution in [-0.2, 0) is 4.79 Å². The summed E-state index contributed by atoms with van der Waals surface area (Å²) in [7, 11) is 1.76. The zero-order valence-electron chi connectivity index (χ0n) is 15.8. The van der Waals surface area contributed by atoms with Crippen LogP contribution >= 0.6 is 11.6 Å². The molecule has 1 aromatic heterocycles. The topological polar surface area (TPSA) is 124 Å². The Morgan fingerprint density at radius 2 is 2.14 bits per heavy atom. The number of nitrogens with one attached hydrogen (secondary N) is 4. The summed E-state index contributed by atoms with van der Waals surface area (Å²) in [4.78, 5) is 24.3. The molecule has 29 heavy (non-hydrogen) atoms. The van der Waals surface area contributed by atoms with Gasteiger partial charge in [-0.05, 0) is 36.2 Å². The van der Waals surface area contributed by atoms with E-state index < -0.39 is 6.01 Å². The van der Waals surface area contributed by atoms with Crippen LogP contribution in [0.15, 0.2) is 48.9 Å². The summed E-state index contributed by atoms with van der Waals surface area (Å²) in [5.74, 6) is -0.164. The Labute approximate surface area is 173 Å². The molecule has 9 nitrogen and oxygen atoms in total. The second kappa shape index (κ2) is 9.24. The average Bonchev–Trinajstić information content (AvgIpc) is 3.49. The van der Waals surface area contributed by atoms with Gasteiger partial charge in [0.25, 0.3) is 0 Å². The smallest absolute Gasteiger partial charge is 0.320 e. The summed E-state index contributed by atoms with van der Waals surface area (Å²) in [6, 6.07) is 7.00. The normalized spacial score (nSPS) is 17.9. The standard InChI is InChI=1S/C19H22ClN7O2/c1-3-22-9-13(21-2)10-23-17-25-18(27-19(29)26-17)24-16(28)15-8-14(15)11-5-4-6-12(20)7-11/h3-7,9,14-15,21-22H,1,8,10H2,2H3,(H3,23,24,25,26,27,28,29)/b13-9-/t14-,15+/m1/s1. The first kappa shape index (κ1) is 20.4. The Kier molecular flexibility index (Phi) is 6.50. The molecule has 1 aromatic carbocycles. The lowest BCUT2D eigenvalue weighted by atomic mass is 10.1. The van der Waals surface area contributed by atoms with Crippen LogP contribution in [0.1, 0.15) is 17.9 Å². The van der Waals surface area contributed by atoms with Gasteiger partial charge in [0.15, 0.2) is 0 Å². The zero-order chi connectivity index (χ0) is 20.8. The van der Waals surface area contributed by atoms with Crippen molar-refractivity contribution in [3.8, 4) is 6.01 Å². The van der Waals surface area contributed by atoms with Gasteiger partial charge in [-0.2, -0.15) is 15.0 Å². The molecule has 0 radical (unpaired) electrons. The van der Waals surface area contributed by atoms with Crippen molar-refractivity contribution in [2.45, 2.75) is 12.3 Å². The van der Waals surface area contributed by atoms with Crippen molar-refractivity contribution in [1.29, 1.82) is 0 Å². The molecule has 3 rings (SSSR count). The van der Waals surface area contributed by atoms with Crippen molar-refractivity contribution in [2.75, 3.05) is 24.2 Å². The maximum absolute atomic E-state index is 12.5. The molecule has 1 saturated carbocycles. The third-order valence-corrected chi connectivity index (χ3v) is 4.63. The van der Waals surface area contributed by atoms with E-state index in [4.69, 9.17) is 11.6 Å². The molecule has 2 atom stereocenters. The number of likely N-dealkylation sites (N-methyl/N-ethyl adjacent to an activating group) is 1. The number of hydrogen-bond donors (Lipinski definition) is 5. The van der Waals surface area contributed by atoms with E-state index in [0.29, 0.717) is 11.6 Å². The number of halogens is 1. The van der Waals surface area contributed by atoms with Gasteiger partial charge in [-0.1, -0.05) is 30.3 Å². The predicted molar refractivity (Wildman–Crippen MR) is 111 cm³/mol. The summed E-state index contributed by atoms with van der Waals surface area (Å²) in [6.07, 6.45) is 3.97. The van der Waals surface area contributed by atoms with Crippen molar-refractivity contribution in [2.24, 2.45) is 5.92 Å². The zero-order valence-corrected chi connectivity index (χ0v) is 16.6. The highest BCUT2D eigenvalue weighted by atomic mass is 35.5. The molecule has 0 aliphatic heterocycles. The number of benzene rings is 1. The third kappa shape index (κ3) is 5.58. The lowest BCUT2D eigenvalue weighted by molar-refractivity contribution is -0.117. The number of nitrogens with zero attached hydrogens (tertiary/aromatic N) is 3. The van der Waals surface area contributed by atoms with Crippen LogP contribution in [0.25, 0.3) is 0 Å². The van der Waals surface area contributed by atoms with Crippen LogP contribution in [0.5, 0.6) is 6.01 Å². The maximum Gasteiger partial charge on any atom is 0.320 e. The summed E-state index contributed by atoms with van der Waals surface area (Å²) in [6.45, 7) is 3.92. The lowest BCUT2D eigenvalue weighted by Crippen LogP contribution is -2.20. The van der Waals surface area contributed by atoms with Crippen LogP contribution in [0.2, 0.25) is 5.02 Å². The van der Waals surface area contributed by atoms with Gasteiger partial charge in [0.05, 0.1) is 6.54 Å². The van der Waals surface area contributed by atoms with E-state index in [1.54, 1.807) is 19.3 Å². The second-order valence-electron chi connectivity index (χ2n) is 6.42. The highest BCUT2D eigenvalue weighted by molar-refractivity contribution is 6.30. The summed E-state index contributed by atoms with van der Waals surface area (Å²) >= 11 is 6.02. The molecular weight excluding hydrogens is 394 g/mol. The summed E-state index contributed by atoms with van der Waals surface area (Å²) in [5.41, 5.74) is 1.83. The summed E-state index contributed by atoms with van der Waals surface area (Å²) < 4.78 is 0. The van der Waals surface area contributed by atoms with E-state index in [2.05, 4.69) is 42.8 Å². The molecule has 1 heterocycles. The number of hydrogen-bond acceptors (Lipinski definition) is 8. The van der Waals surface area contributed by atoms with Gasteiger partial charge < -0.3 is 21.1 Å². The molecule has 1 amide bonds. The number of amides is 1. The molecule has 1 aliphatic carbocycles. The third-order valence-electron chi connectivity index (χ3n) is 4.40. The first-order chi connectivity index (χ1) is 14.0. The molecule has 0 spiro atoms. The van der Waals surface area contributed by atoms with E-state index in [9.17, 15) is 9.90 Å². The Bertz CT molecular complexity index is 935. The molecule has 1 aliphatic rings. The minimum Gasteiger partial charge on any atom is -0.479 e. The van der Waals surface area contributed by atoms with E-state index in [0.717, 1.165) is 17.7 Å². The van der Waals surface area contributed by atoms with Crippen molar-refractivity contribution in [1.82, 2.24) is 25.6 Å². The highest BCUT2D eigenvalue weighted by Gasteiger charge is 2.44.